The van der Waals surface area contributed by atoms with Gasteiger partial charge in [-0.15, -0.1) is 21.5 Å². The summed E-state index contributed by atoms with van der Waals surface area (Å²) < 4.78 is 4.10. The fraction of sp³-hybridized carbons (Fsp3) is 0.250. The standard InChI is InChI=1S/C12H13N5S/c1-16-9-14-15-11(16)4-6-17-7-5-13-12(17)10-3-2-8-18-10/h2-3,5,7-9H,4,6H2,1H3. The zero-order valence-corrected chi connectivity index (χ0v) is 10.8. The van der Waals surface area contributed by atoms with Crippen LogP contribution in [-0.4, -0.2) is 24.3 Å². The number of hydrogen-bond donors (Lipinski definition) is 0. The number of imidazole rings is 1. The molecule has 0 aliphatic rings. The maximum atomic E-state index is 4.41. The van der Waals surface area contributed by atoms with Crippen molar-refractivity contribution in [1.82, 2.24) is 24.3 Å². The lowest BCUT2D eigenvalue weighted by atomic mass is 10.3. The van der Waals surface area contributed by atoms with Crippen molar-refractivity contribution in [3.8, 4) is 10.7 Å². The van der Waals surface area contributed by atoms with Crippen LogP contribution in [0, 0.1) is 0 Å². The number of hydrogen-bond acceptors (Lipinski definition) is 4. The number of nitrogens with zero attached hydrogens (tertiary/aromatic N) is 5. The Balaban J connectivity index is 1.78. The molecule has 0 saturated heterocycles. The van der Waals surface area contributed by atoms with E-state index in [2.05, 4.69) is 31.2 Å². The van der Waals surface area contributed by atoms with E-state index < -0.39 is 0 Å². The van der Waals surface area contributed by atoms with Gasteiger partial charge in [-0.1, -0.05) is 6.07 Å². The third-order valence-corrected chi connectivity index (χ3v) is 3.70. The van der Waals surface area contributed by atoms with E-state index in [0.717, 1.165) is 24.6 Å². The Morgan fingerprint density at radius 3 is 3.06 bits per heavy atom. The molecule has 0 bridgehead atoms. The van der Waals surface area contributed by atoms with E-state index in [-0.39, 0.29) is 0 Å². The van der Waals surface area contributed by atoms with E-state index in [1.165, 1.54) is 4.88 Å². The van der Waals surface area contributed by atoms with Crippen molar-refractivity contribution in [2.45, 2.75) is 13.0 Å². The van der Waals surface area contributed by atoms with Crippen molar-refractivity contribution in [1.29, 1.82) is 0 Å². The lowest BCUT2D eigenvalue weighted by Gasteiger charge is -2.05. The minimum absolute atomic E-state index is 0.852. The molecule has 92 valence electrons. The molecule has 0 atom stereocenters. The summed E-state index contributed by atoms with van der Waals surface area (Å²) in [4.78, 5) is 5.60. The summed E-state index contributed by atoms with van der Waals surface area (Å²) in [5.41, 5.74) is 0. The van der Waals surface area contributed by atoms with Crippen LogP contribution in [0.3, 0.4) is 0 Å². The van der Waals surface area contributed by atoms with Gasteiger partial charge in [0.25, 0.3) is 0 Å². The lowest BCUT2D eigenvalue weighted by molar-refractivity contribution is 0.654. The first-order valence-corrected chi connectivity index (χ1v) is 6.60. The van der Waals surface area contributed by atoms with Gasteiger partial charge in [-0.05, 0) is 11.4 Å². The van der Waals surface area contributed by atoms with Crippen molar-refractivity contribution in [2.24, 2.45) is 7.05 Å². The molecule has 0 spiro atoms. The van der Waals surface area contributed by atoms with Crippen LogP contribution >= 0.6 is 11.3 Å². The molecular weight excluding hydrogens is 246 g/mol. The zero-order valence-electron chi connectivity index (χ0n) is 10.0. The molecule has 0 radical (unpaired) electrons. The molecule has 0 saturated carbocycles. The quantitative estimate of drug-likeness (QED) is 0.720. The van der Waals surface area contributed by atoms with Crippen LogP contribution in [0.2, 0.25) is 0 Å². The normalized spacial score (nSPS) is 10.9. The number of thiophene rings is 1. The minimum atomic E-state index is 0.852. The molecule has 0 fully saturated rings. The predicted molar refractivity (Wildman–Crippen MR) is 70.2 cm³/mol. The van der Waals surface area contributed by atoms with E-state index in [1.807, 2.05) is 30.1 Å². The molecule has 3 heterocycles. The summed E-state index contributed by atoms with van der Waals surface area (Å²) >= 11 is 1.70. The smallest absolute Gasteiger partial charge is 0.149 e. The summed E-state index contributed by atoms with van der Waals surface area (Å²) in [5.74, 6) is 2.01. The van der Waals surface area contributed by atoms with Gasteiger partial charge in [0.05, 0.1) is 4.88 Å². The van der Waals surface area contributed by atoms with Crippen LogP contribution in [0.4, 0.5) is 0 Å². The topological polar surface area (TPSA) is 48.5 Å². The van der Waals surface area contributed by atoms with Crippen molar-refractivity contribution in [3.63, 3.8) is 0 Å². The van der Waals surface area contributed by atoms with Gasteiger partial charge < -0.3 is 9.13 Å². The maximum absolute atomic E-state index is 4.41. The molecular formula is C12H13N5S. The van der Waals surface area contributed by atoms with Crippen molar-refractivity contribution in [3.05, 3.63) is 42.1 Å². The third-order valence-electron chi connectivity index (χ3n) is 2.84. The summed E-state index contributed by atoms with van der Waals surface area (Å²) in [5, 5.41) is 10.0. The van der Waals surface area contributed by atoms with E-state index in [4.69, 9.17) is 0 Å². The molecule has 0 unspecified atom stereocenters. The number of aryl methyl sites for hydroxylation is 3. The monoisotopic (exact) mass is 259 g/mol. The van der Waals surface area contributed by atoms with Gasteiger partial charge in [0.15, 0.2) is 0 Å². The van der Waals surface area contributed by atoms with Crippen LogP contribution in [0.15, 0.2) is 36.2 Å². The second-order valence-electron chi connectivity index (χ2n) is 4.03. The van der Waals surface area contributed by atoms with Gasteiger partial charge in [0.1, 0.15) is 18.0 Å². The summed E-state index contributed by atoms with van der Waals surface area (Å²) in [6, 6.07) is 4.13. The first-order chi connectivity index (χ1) is 8.84. The summed E-state index contributed by atoms with van der Waals surface area (Å²) in [7, 11) is 1.96. The van der Waals surface area contributed by atoms with E-state index in [1.54, 1.807) is 17.7 Å². The molecule has 6 heteroatoms. The summed E-state index contributed by atoms with van der Waals surface area (Å²) in [6.07, 6.45) is 6.42. The highest BCUT2D eigenvalue weighted by atomic mass is 32.1. The Morgan fingerprint density at radius 2 is 2.33 bits per heavy atom. The van der Waals surface area contributed by atoms with Gasteiger partial charge >= 0.3 is 0 Å². The molecule has 0 aliphatic heterocycles. The highest BCUT2D eigenvalue weighted by Gasteiger charge is 2.08. The largest absolute Gasteiger partial charge is 0.330 e. The van der Waals surface area contributed by atoms with Gasteiger partial charge in [-0.25, -0.2) is 4.98 Å². The van der Waals surface area contributed by atoms with Crippen LogP contribution in [-0.2, 0) is 20.0 Å². The highest BCUT2D eigenvalue weighted by molar-refractivity contribution is 7.13. The van der Waals surface area contributed by atoms with Crippen molar-refractivity contribution >= 4 is 11.3 Å². The Hall–Kier alpha value is -1.95. The lowest BCUT2D eigenvalue weighted by Crippen LogP contribution is -2.06. The van der Waals surface area contributed by atoms with E-state index in [9.17, 15) is 0 Å². The molecule has 3 aromatic heterocycles. The SMILES string of the molecule is Cn1cnnc1CCn1ccnc1-c1cccs1. The van der Waals surface area contributed by atoms with Crippen molar-refractivity contribution in [2.75, 3.05) is 0 Å². The number of aromatic nitrogens is 5. The first-order valence-electron chi connectivity index (χ1n) is 5.72. The predicted octanol–water partition coefficient (Wildman–Crippen LogP) is 1.98. The first kappa shape index (κ1) is 11.2. The number of rotatable bonds is 4. The van der Waals surface area contributed by atoms with Gasteiger partial charge in [-0.3, -0.25) is 0 Å². The average Bonchev–Trinajstić information content (AvgIpc) is 3.07. The van der Waals surface area contributed by atoms with Crippen molar-refractivity contribution < 1.29 is 0 Å². The fourth-order valence-corrected chi connectivity index (χ4v) is 2.61. The zero-order chi connectivity index (χ0) is 12.4. The molecule has 0 N–H and O–H groups in total. The van der Waals surface area contributed by atoms with Gasteiger partial charge in [0, 0.05) is 32.4 Å². The molecule has 0 amide bonds. The molecule has 0 aromatic carbocycles. The fourth-order valence-electron chi connectivity index (χ4n) is 1.87. The molecule has 0 aliphatic carbocycles. The molecule has 5 nitrogen and oxygen atoms in total. The molecule has 3 aromatic rings. The van der Waals surface area contributed by atoms with Crippen LogP contribution < -0.4 is 0 Å². The third kappa shape index (κ3) is 2.06. The van der Waals surface area contributed by atoms with Crippen LogP contribution in [0.5, 0.6) is 0 Å². The van der Waals surface area contributed by atoms with Crippen LogP contribution in [0.1, 0.15) is 5.82 Å². The van der Waals surface area contributed by atoms with Gasteiger partial charge in [0.2, 0.25) is 0 Å². The maximum Gasteiger partial charge on any atom is 0.149 e. The van der Waals surface area contributed by atoms with Crippen LogP contribution in [0.25, 0.3) is 10.7 Å². The second kappa shape index (κ2) is 4.73. The van der Waals surface area contributed by atoms with Gasteiger partial charge in [-0.2, -0.15) is 0 Å². The van der Waals surface area contributed by atoms with E-state index in [0.29, 0.717) is 0 Å². The Bertz CT molecular complexity index is 622. The molecule has 3 rings (SSSR count). The minimum Gasteiger partial charge on any atom is -0.330 e. The summed E-state index contributed by atoms with van der Waals surface area (Å²) in [6.45, 7) is 0.861. The highest BCUT2D eigenvalue weighted by Crippen LogP contribution is 2.22. The second-order valence-corrected chi connectivity index (χ2v) is 4.98. The Labute approximate surface area is 109 Å². The Morgan fingerprint density at radius 1 is 1.39 bits per heavy atom. The van der Waals surface area contributed by atoms with E-state index >= 15 is 0 Å². The Kier molecular flexibility index (Phi) is 2.93. The average molecular weight is 259 g/mol. The molecule has 18 heavy (non-hydrogen) atoms.